The Morgan fingerprint density at radius 2 is 1.58 bits per heavy atom. The molecule has 0 N–H and O–H groups in total. The van der Waals surface area contributed by atoms with E-state index in [9.17, 15) is 0 Å². The van der Waals surface area contributed by atoms with Crippen molar-refractivity contribution >= 4 is 8.07 Å². The van der Waals surface area contributed by atoms with Crippen molar-refractivity contribution < 1.29 is 0 Å². The molecule has 0 fully saturated rings. The minimum Gasteiger partial charge on any atom is -0.333 e. The molecule has 0 aliphatic carbocycles. The van der Waals surface area contributed by atoms with E-state index >= 15 is 0 Å². The van der Waals surface area contributed by atoms with Gasteiger partial charge in [-0.3, -0.25) is 0 Å². The Balaban J connectivity index is 3.86. The molecule has 0 aromatic rings. The highest BCUT2D eigenvalue weighted by Crippen LogP contribution is 2.05. The summed E-state index contributed by atoms with van der Waals surface area (Å²) in [6.45, 7) is 13.4. The van der Waals surface area contributed by atoms with Crippen molar-refractivity contribution in [1.82, 2.24) is 4.90 Å². The van der Waals surface area contributed by atoms with Gasteiger partial charge in [0, 0.05) is 25.2 Å². The van der Waals surface area contributed by atoms with Crippen LogP contribution in [0, 0.1) is 12.0 Å². The second kappa shape index (κ2) is 5.26. The van der Waals surface area contributed by atoms with Crippen LogP contribution in [-0.4, -0.2) is 26.1 Å². The fraction of sp³-hybridized carbons (Fsp3) is 0.800. The van der Waals surface area contributed by atoms with E-state index < -0.39 is 8.07 Å². The van der Waals surface area contributed by atoms with Crippen LogP contribution in [0.25, 0.3) is 0 Å². The third kappa shape index (κ3) is 6.30. The Morgan fingerprint density at radius 3 is 1.92 bits per heavy atom. The molecule has 0 radical (unpaired) electrons. The third-order valence-electron chi connectivity index (χ3n) is 1.62. The first-order valence-corrected chi connectivity index (χ1v) is 8.43. The van der Waals surface area contributed by atoms with Crippen molar-refractivity contribution in [3.05, 3.63) is 0 Å². The van der Waals surface area contributed by atoms with Crippen LogP contribution in [0.4, 0.5) is 0 Å². The van der Waals surface area contributed by atoms with Crippen LogP contribution in [0.2, 0.25) is 25.7 Å². The van der Waals surface area contributed by atoms with Crippen LogP contribution in [0.15, 0.2) is 0 Å². The summed E-state index contributed by atoms with van der Waals surface area (Å²) in [6.07, 6.45) is 0. The van der Waals surface area contributed by atoms with Gasteiger partial charge in [-0.2, -0.15) is 0 Å². The second-order valence-electron chi connectivity index (χ2n) is 4.20. The number of nitrogens with zero attached hydrogens (tertiary/aromatic N) is 1. The summed E-state index contributed by atoms with van der Waals surface area (Å²) >= 11 is 0. The number of hydrogen-bond donors (Lipinski definition) is 0. The molecule has 0 amide bonds. The summed E-state index contributed by atoms with van der Waals surface area (Å²) < 4.78 is 0. The van der Waals surface area contributed by atoms with Crippen molar-refractivity contribution in [1.29, 1.82) is 0 Å². The van der Waals surface area contributed by atoms with E-state index in [-0.39, 0.29) is 0 Å². The van der Waals surface area contributed by atoms with Crippen LogP contribution in [0.3, 0.4) is 0 Å². The lowest BCUT2D eigenvalue weighted by Crippen LogP contribution is -2.19. The highest BCUT2D eigenvalue weighted by atomic mass is 28.3. The van der Waals surface area contributed by atoms with E-state index in [1.807, 2.05) is 0 Å². The standard InChI is InChI=1S/C10H21NSi/c1-6-11(7-2)9-8-10-12(3,4)5/h6-7,10H2,1-5H3. The van der Waals surface area contributed by atoms with Gasteiger partial charge in [-0.1, -0.05) is 25.6 Å². The Labute approximate surface area is 78.2 Å². The van der Waals surface area contributed by atoms with Crippen molar-refractivity contribution in [2.24, 2.45) is 0 Å². The van der Waals surface area contributed by atoms with Gasteiger partial charge >= 0.3 is 0 Å². The molecule has 0 aliphatic rings. The van der Waals surface area contributed by atoms with Crippen molar-refractivity contribution in [2.75, 3.05) is 13.1 Å². The smallest absolute Gasteiger partial charge is 0.0574 e. The van der Waals surface area contributed by atoms with Gasteiger partial charge in [-0.15, -0.1) is 0 Å². The molecule has 0 aromatic heterocycles. The zero-order chi connectivity index (χ0) is 9.61. The van der Waals surface area contributed by atoms with Gasteiger partial charge in [0.1, 0.15) is 0 Å². The highest BCUT2D eigenvalue weighted by molar-refractivity contribution is 6.76. The average molecular weight is 183 g/mol. The maximum Gasteiger partial charge on any atom is 0.0574 e. The van der Waals surface area contributed by atoms with Gasteiger partial charge in [0.05, 0.1) is 8.07 Å². The summed E-state index contributed by atoms with van der Waals surface area (Å²) in [6, 6.07) is 4.31. The average Bonchev–Trinajstić information content (AvgIpc) is 1.96. The Morgan fingerprint density at radius 1 is 1.08 bits per heavy atom. The second-order valence-corrected chi connectivity index (χ2v) is 9.67. The highest BCUT2D eigenvalue weighted by Gasteiger charge is 2.09. The van der Waals surface area contributed by atoms with Crippen LogP contribution < -0.4 is 0 Å². The van der Waals surface area contributed by atoms with Crippen LogP contribution >= 0.6 is 0 Å². The summed E-state index contributed by atoms with van der Waals surface area (Å²) in [5.74, 6) is 3.26. The molecular formula is C10H21NSi. The lowest BCUT2D eigenvalue weighted by atomic mass is 10.5. The number of hydrogen-bond acceptors (Lipinski definition) is 1. The summed E-state index contributed by atoms with van der Waals surface area (Å²) in [5.41, 5.74) is 0. The quantitative estimate of drug-likeness (QED) is 0.369. The molecule has 0 saturated heterocycles. The lowest BCUT2D eigenvalue weighted by Gasteiger charge is -2.13. The van der Waals surface area contributed by atoms with Gasteiger partial charge in [0.2, 0.25) is 0 Å². The predicted molar refractivity (Wildman–Crippen MR) is 58.9 cm³/mol. The van der Waals surface area contributed by atoms with E-state index in [2.05, 4.69) is 50.4 Å². The van der Waals surface area contributed by atoms with Gasteiger partial charge in [0.15, 0.2) is 0 Å². The molecule has 12 heavy (non-hydrogen) atoms. The van der Waals surface area contributed by atoms with Crippen molar-refractivity contribution in [2.45, 2.75) is 39.5 Å². The maximum absolute atomic E-state index is 3.26. The first-order valence-electron chi connectivity index (χ1n) is 4.73. The monoisotopic (exact) mass is 183 g/mol. The predicted octanol–water partition coefficient (Wildman–Crippen LogP) is 2.63. The van der Waals surface area contributed by atoms with E-state index in [1.165, 1.54) is 0 Å². The first kappa shape index (κ1) is 11.6. The van der Waals surface area contributed by atoms with Gasteiger partial charge in [-0.25, -0.2) is 0 Å². The van der Waals surface area contributed by atoms with Gasteiger partial charge in [0.25, 0.3) is 0 Å². The maximum atomic E-state index is 3.26. The Bertz CT molecular complexity index is 167. The Kier molecular flexibility index (Phi) is 5.08. The lowest BCUT2D eigenvalue weighted by molar-refractivity contribution is 0.444. The minimum absolute atomic E-state index is 0.950. The van der Waals surface area contributed by atoms with E-state index in [0.29, 0.717) is 0 Å². The van der Waals surface area contributed by atoms with Crippen LogP contribution in [0.5, 0.6) is 0 Å². The summed E-state index contributed by atoms with van der Waals surface area (Å²) in [4.78, 5) is 2.15. The molecule has 0 unspecified atom stereocenters. The fourth-order valence-electron chi connectivity index (χ4n) is 0.798. The minimum atomic E-state index is -0.950. The molecule has 0 bridgehead atoms. The van der Waals surface area contributed by atoms with E-state index in [0.717, 1.165) is 19.1 Å². The molecule has 1 nitrogen and oxygen atoms in total. The Hall–Kier alpha value is -0.423. The molecule has 2 heteroatoms. The molecule has 0 aliphatic heterocycles. The topological polar surface area (TPSA) is 3.24 Å². The van der Waals surface area contributed by atoms with Gasteiger partial charge < -0.3 is 4.90 Å². The van der Waals surface area contributed by atoms with E-state index in [1.54, 1.807) is 0 Å². The molecule has 0 aromatic carbocycles. The van der Waals surface area contributed by atoms with E-state index in [4.69, 9.17) is 0 Å². The van der Waals surface area contributed by atoms with Gasteiger partial charge in [-0.05, 0) is 13.8 Å². The summed E-state index contributed by atoms with van der Waals surface area (Å²) in [7, 11) is -0.950. The normalized spacial score (nSPS) is 10.4. The molecule has 0 rings (SSSR count). The largest absolute Gasteiger partial charge is 0.333 e. The molecule has 0 atom stereocenters. The van der Waals surface area contributed by atoms with Crippen LogP contribution in [-0.2, 0) is 0 Å². The zero-order valence-electron chi connectivity index (χ0n) is 9.07. The molecule has 0 spiro atoms. The molecule has 0 heterocycles. The molecule has 70 valence electrons. The van der Waals surface area contributed by atoms with Crippen molar-refractivity contribution in [3.63, 3.8) is 0 Å². The van der Waals surface area contributed by atoms with Crippen molar-refractivity contribution in [3.8, 4) is 12.0 Å². The zero-order valence-corrected chi connectivity index (χ0v) is 10.1. The first-order chi connectivity index (χ1) is 5.49. The van der Waals surface area contributed by atoms with Crippen LogP contribution in [0.1, 0.15) is 13.8 Å². The molecule has 0 saturated carbocycles. The SMILES string of the molecule is CCN(C#CC[Si](C)(C)C)CC. The summed E-state index contributed by atoms with van der Waals surface area (Å²) in [5, 5.41) is 0. The fourth-order valence-corrected chi connectivity index (χ4v) is 1.41. The third-order valence-corrected chi connectivity index (χ3v) is 2.86. The number of rotatable bonds is 3. The molecular weight excluding hydrogens is 162 g/mol.